The summed E-state index contributed by atoms with van der Waals surface area (Å²) in [5, 5.41) is 3.76. The Bertz CT molecular complexity index is 395. The highest BCUT2D eigenvalue weighted by atomic mass is 35.5. The number of ether oxygens (including phenoxy) is 1. The predicted octanol–water partition coefficient (Wildman–Crippen LogP) is 3.48. The molecule has 1 aromatic carbocycles. The number of para-hydroxylation sites is 1. The maximum absolute atomic E-state index is 11.8. The second kappa shape index (κ2) is 5.92. The Kier molecular flexibility index (Phi) is 4.82. The van der Waals surface area contributed by atoms with Gasteiger partial charge in [-0.15, -0.1) is 0 Å². The van der Waals surface area contributed by atoms with Crippen LogP contribution in [0.25, 0.3) is 0 Å². The molecule has 0 aliphatic carbocycles. The lowest BCUT2D eigenvalue weighted by atomic mass is 9.96. The Balaban J connectivity index is 2.94. The standard InChI is InChI=1S/C13H18ClNO2/c1-4-9-13(2,12(16)17-3)15-11-8-6-5-7-10(11)14/h5-8,15H,4,9H2,1-3H3. The average molecular weight is 256 g/mol. The molecule has 1 unspecified atom stereocenters. The molecule has 0 aliphatic heterocycles. The molecule has 0 amide bonds. The SMILES string of the molecule is CCCC(C)(Nc1ccccc1Cl)C(=O)OC. The Hall–Kier alpha value is -1.22. The molecule has 0 aromatic heterocycles. The Morgan fingerprint density at radius 3 is 2.65 bits per heavy atom. The van der Waals surface area contributed by atoms with E-state index in [1.54, 1.807) is 6.07 Å². The lowest BCUT2D eigenvalue weighted by Crippen LogP contribution is -2.44. The summed E-state index contributed by atoms with van der Waals surface area (Å²) < 4.78 is 4.84. The van der Waals surface area contributed by atoms with Gasteiger partial charge in [0.05, 0.1) is 17.8 Å². The minimum Gasteiger partial charge on any atom is -0.467 e. The maximum Gasteiger partial charge on any atom is 0.331 e. The van der Waals surface area contributed by atoms with Gasteiger partial charge in [-0.1, -0.05) is 37.1 Å². The average Bonchev–Trinajstić information content (AvgIpc) is 2.31. The molecule has 0 spiro atoms. The summed E-state index contributed by atoms with van der Waals surface area (Å²) in [6.45, 7) is 3.85. The number of methoxy groups -OCH3 is 1. The number of nitrogens with one attached hydrogen (secondary N) is 1. The van der Waals surface area contributed by atoms with E-state index >= 15 is 0 Å². The molecule has 1 atom stereocenters. The highest BCUT2D eigenvalue weighted by Crippen LogP contribution is 2.27. The fourth-order valence-corrected chi connectivity index (χ4v) is 1.98. The third-order valence-corrected chi connectivity index (χ3v) is 3.00. The van der Waals surface area contributed by atoms with Crippen molar-refractivity contribution < 1.29 is 9.53 Å². The summed E-state index contributed by atoms with van der Waals surface area (Å²) in [5.74, 6) is -0.278. The first-order chi connectivity index (χ1) is 8.03. The van der Waals surface area contributed by atoms with Crippen molar-refractivity contribution in [3.8, 4) is 0 Å². The zero-order chi connectivity index (χ0) is 12.9. The van der Waals surface area contributed by atoms with E-state index in [2.05, 4.69) is 5.32 Å². The molecule has 1 N–H and O–H groups in total. The van der Waals surface area contributed by atoms with E-state index < -0.39 is 5.54 Å². The largest absolute Gasteiger partial charge is 0.467 e. The predicted molar refractivity (Wildman–Crippen MR) is 70.4 cm³/mol. The molecule has 0 bridgehead atoms. The van der Waals surface area contributed by atoms with Crippen molar-refractivity contribution in [2.75, 3.05) is 12.4 Å². The number of carbonyl (C=O) groups is 1. The second-order valence-electron chi connectivity index (χ2n) is 4.18. The van der Waals surface area contributed by atoms with Gasteiger partial charge >= 0.3 is 5.97 Å². The lowest BCUT2D eigenvalue weighted by Gasteiger charge is -2.29. The van der Waals surface area contributed by atoms with E-state index in [0.29, 0.717) is 11.4 Å². The molecule has 0 radical (unpaired) electrons. The van der Waals surface area contributed by atoms with Crippen LogP contribution in [0.15, 0.2) is 24.3 Å². The smallest absolute Gasteiger partial charge is 0.331 e. The minimum absolute atomic E-state index is 0.278. The van der Waals surface area contributed by atoms with Crippen molar-refractivity contribution in [2.45, 2.75) is 32.2 Å². The second-order valence-corrected chi connectivity index (χ2v) is 4.59. The zero-order valence-corrected chi connectivity index (χ0v) is 11.2. The Morgan fingerprint density at radius 2 is 2.12 bits per heavy atom. The van der Waals surface area contributed by atoms with E-state index in [1.807, 2.05) is 32.0 Å². The van der Waals surface area contributed by atoms with Gasteiger partial charge in [-0.05, 0) is 25.5 Å². The molecule has 17 heavy (non-hydrogen) atoms. The Labute approximate surface area is 107 Å². The third-order valence-electron chi connectivity index (χ3n) is 2.67. The summed E-state index contributed by atoms with van der Waals surface area (Å²) in [6, 6.07) is 7.35. The van der Waals surface area contributed by atoms with Gasteiger partial charge < -0.3 is 10.1 Å². The van der Waals surface area contributed by atoms with Crippen LogP contribution >= 0.6 is 11.6 Å². The van der Waals surface area contributed by atoms with Crippen molar-refractivity contribution >= 4 is 23.3 Å². The van der Waals surface area contributed by atoms with Gasteiger partial charge in [0.15, 0.2) is 0 Å². The van der Waals surface area contributed by atoms with Gasteiger partial charge in [-0.3, -0.25) is 0 Å². The molecule has 0 saturated heterocycles. The fraction of sp³-hybridized carbons (Fsp3) is 0.462. The molecule has 4 heteroatoms. The molecule has 1 rings (SSSR count). The number of hydrogen-bond acceptors (Lipinski definition) is 3. The quantitative estimate of drug-likeness (QED) is 0.819. The molecule has 0 saturated carbocycles. The molecular formula is C13H18ClNO2. The van der Waals surface area contributed by atoms with Crippen LogP contribution in [0.3, 0.4) is 0 Å². The first kappa shape index (κ1) is 13.8. The molecule has 3 nitrogen and oxygen atoms in total. The lowest BCUT2D eigenvalue weighted by molar-refractivity contribution is -0.145. The van der Waals surface area contributed by atoms with Crippen LogP contribution in [0.4, 0.5) is 5.69 Å². The highest BCUT2D eigenvalue weighted by Gasteiger charge is 2.33. The number of esters is 1. The zero-order valence-electron chi connectivity index (χ0n) is 10.4. The van der Waals surface area contributed by atoms with Gasteiger partial charge in [-0.2, -0.15) is 0 Å². The summed E-state index contributed by atoms with van der Waals surface area (Å²) in [5.41, 5.74) is 0.00427. The fourth-order valence-electron chi connectivity index (χ4n) is 1.80. The van der Waals surface area contributed by atoms with Gasteiger partial charge in [0.25, 0.3) is 0 Å². The molecular weight excluding hydrogens is 238 g/mol. The van der Waals surface area contributed by atoms with Gasteiger partial charge in [0, 0.05) is 0 Å². The number of anilines is 1. The van der Waals surface area contributed by atoms with Crippen LogP contribution in [0.1, 0.15) is 26.7 Å². The summed E-state index contributed by atoms with van der Waals surface area (Å²) in [4.78, 5) is 11.8. The van der Waals surface area contributed by atoms with Crippen LogP contribution in [-0.2, 0) is 9.53 Å². The topological polar surface area (TPSA) is 38.3 Å². The van der Waals surface area contributed by atoms with E-state index in [9.17, 15) is 4.79 Å². The third kappa shape index (κ3) is 3.37. The van der Waals surface area contributed by atoms with Gasteiger partial charge in [0.1, 0.15) is 5.54 Å². The molecule has 0 heterocycles. The molecule has 1 aromatic rings. The van der Waals surface area contributed by atoms with Crippen LogP contribution in [0.5, 0.6) is 0 Å². The van der Waals surface area contributed by atoms with Crippen molar-refractivity contribution in [3.05, 3.63) is 29.3 Å². The van der Waals surface area contributed by atoms with Crippen molar-refractivity contribution in [3.63, 3.8) is 0 Å². The van der Waals surface area contributed by atoms with Crippen LogP contribution in [0.2, 0.25) is 5.02 Å². The van der Waals surface area contributed by atoms with E-state index in [4.69, 9.17) is 16.3 Å². The van der Waals surface area contributed by atoms with E-state index in [0.717, 1.165) is 12.1 Å². The Morgan fingerprint density at radius 1 is 1.47 bits per heavy atom. The number of carbonyl (C=O) groups excluding carboxylic acids is 1. The first-order valence-corrected chi connectivity index (χ1v) is 6.02. The van der Waals surface area contributed by atoms with Crippen molar-refractivity contribution in [1.82, 2.24) is 0 Å². The summed E-state index contributed by atoms with van der Waals surface area (Å²) >= 11 is 6.06. The van der Waals surface area contributed by atoms with Gasteiger partial charge in [0.2, 0.25) is 0 Å². The first-order valence-electron chi connectivity index (χ1n) is 5.64. The normalized spacial score (nSPS) is 13.9. The van der Waals surface area contributed by atoms with Crippen LogP contribution in [0, 0.1) is 0 Å². The monoisotopic (exact) mass is 255 g/mol. The van der Waals surface area contributed by atoms with E-state index in [-0.39, 0.29) is 5.97 Å². The van der Waals surface area contributed by atoms with Crippen LogP contribution in [-0.4, -0.2) is 18.6 Å². The number of hydrogen-bond donors (Lipinski definition) is 1. The number of benzene rings is 1. The molecule has 0 fully saturated rings. The van der Waals surface area contributed by atoms with Crippen molar-refractivity contribution in [2.24, 2.45) is 0 Å². The molecule has 94 valence electrons. The van der Waals surface area contributed by atoms with Crippen LogP contribution < -0.4 is 5.32 Å². The minimum atomic E-state index is -0.742. The van der Waals surface area contributed by atoms with Gasteiger partial charge in [-0.25, -0.2) is 4.79 Å². The number of rotatable bonds is 5. The summed E-state index contributed by atoms with van der Waals surface area (Å²) in [7, 11) is 1.39. The van der Waals surface area contributed by atoms with E-state index in [1.165, 1.54) is 7.11 Å². The molecule has 0 aliphatic rings. The summed E-state index contributed by atoms with van der Waals surface area (Å²) in [6.07, 6.45) is 1.56. The van der Waals surface area contributed by atoms with Crippen molar-refractivity contribution in [1.29, 1.82) is 0 Å². The number of halogens is 1. The highest BCUT2D eigenvalue weighted by molar-refractivity contribution is 6.33. The maximum atomic E-state index is 11.8.